The highest BCUT2D eigenvalue weighted by atomic mass is 16.4. The highest BCUT2D eigenvalue weighted by molar-refractivity contribution is 5.98. The topological polar surface area (TPSA) is 456 Å². The minimum atomic E-state index is -1.69. The third-order valence-corrected chi connectivity index (χ3v) is 9.64. The molecular weight excluding hydrogens is 850 g/mol. The van der Waals surface area contributed by atoms with Gasteiger partial charge in [0.25, 0.3) is 0 Å². The lowest BCUT2D eigenvalue weighted by Crippen LogP contribution is -2.61. The van der Waals surface area contributed by atoms with Crippen LogP contribution in [0.25, 0.3) is 0 Å². The van der Waals surface area contributed by atoms with Crippen LogP contribution in [0.4, 0.5) is 0 Å². The second-order valence-corrected chi connectivity index (χ2v) is 15.6. The maximum atomic E-state index is 13.6. The molecule has 1 rings (SSSR count). The van der Waals surface area contributed by atoms with Crippen molar-refractivity contribution >= 4 is 65.1 Å². The summed E-state index contributed by atoms with van der Waals surface area (Å²) in [5, 5.41) is 54.9. The van der Waals surface area contributed by atoms with Crippen molar-refractivity contribution in [2.24, 2.45) is 33.8 Å². The maximum Gasteiger partial charge on any atom is 0.328 e. The van der Waals surface area contributed by atoms with E-state index in [4.69, 9.17) is 28.0 Å². The van der Waals surface area contributed by atoms with Crippen LogP contribution in [0.1, 0.15) is 72.6 Å². The van der Waals surface area contributed by atoms with Crippen LogP contribution in [-0.4, -0.2) is 178 Å². The lowest BCUT2D eigenvalue weighted by molar-refractivity contribution is -0.143. The molecule has 1 aliphatic rings. The molecule has 9 amide bonds. The molecule has 19 N–H and O–H groups in total. The number of amides is 9. The Hall–Kier alpha value is -6.19. The summed E-state index contributed by atoms with van der Waals surface area (Å²) in [5.41, 5.74) is 21.7. The average Bonchev–Trinajstić information content (AvgIpc) is 3.71. The van der Waals surface area contributed by atoms with Gasteiger partial charge in [0.2, 0.25) is 53.2 Å². The van der Waals surface area contributed by atoms with Crippen LogP contribution in [0.5, 0.6) is 0 Å². The summed E-state index contributed by atoms with van der Waals surface area (Å²) in [5.74, 6) is -9.82. The number of carbonyl (C=O) groups excluding carboxylic acids is 9. The zero-order valence-corrected chi connectivity index (χ0v) is 36.3. The largest absolute Gasteiger partial charge is 0.480 e. The predicted molar refractivity (Wildman–Crippen MR) is 224 cm³/mol. The van der Waals surface area contributed by atoms with Crippen LogP contribution >= 0.6 is 0 Å². The predicted octanol–water partition coefficient (Wildman–Crippen LogP) is -7.84. The smallest absolute Gasteiger partial charge is 0.328 e. The Morgan fingerprint density at radius 3 is 1.89 bits per heavy atom. The molecule has 0 spiro atoms. The van der Waals surface area contributed by atoms with Crippen molar-refractivity contribution in [3.63, 3.8) is 0 Å². The molecule has 0 aromatic rings. The summed E-state index contributed by atoms with van der Waals surface area (Å²) < 4.78 is 0. The molecule has 1 fully saturated rings. The average molecular weight is 916 g/mol. The van der Waals surface area contributed by atoms with Crippen LogP contribution < -0.4 is 60.2 Å². The Bertz CT molecular complexity index is 1690. The molecule has 0 radical (unpaired) electrons. The minimum absolute atomic E-state index is 0.0398. The van der Waals surface area contributed by atoms with E-state index in [2.05, 4.69) is 42.2 Å². The number of aliphatic hydroxyl groups is 3. The van der Waals surface area contributed by atoms with E-state index in [-0.39, 0.29) is 57.1 Å². The zero-order chi connectivity index (χ0) is 48.8. The summed E-state index contributed by atoms with van der Waals surface area (Å²) in [6, 6.07) is -11.2. The summed E-state index contributed by atoms with van der Waals surface area (Å²) in [6.45, 7) is 3.56. The Kier molecular flexibility index (Phi) is 24.2. The number of aliphatic carboxylic acids is 1. The van der Waals surface area contributed by atoms with Gasteiger partial charge in [0.15, 0.2) is 5.96 Å². The fraction of sp³-hybridized carbons (Fsp3) is 0.703. The Labute approximate surface area is 369 Å². The summed E-state index contributed by atoms with van der Waals surface area (Å²) >= 11 is 0. The lowest BCUT2D eigenvalue weighted by Gasteiger charge is -2.30. The van der Waals surface area contributed by atoms with Gasteiger partial charge in [-0.05, 0) is 58.3 Å². The monoisotopic (exact) mass is 915 g/mol. The van der Waals surface area contributed by atoms with Crippen LogP contribution in [0, 0.1) is 5.92 Å². The van der Waals surface area contributed by atoms with E-state index >= 15 is 0 Å². The first-order chi connectivity index (χ1) is 29.9. The summed E-state index contributed by atoms with van der Waals surface area (Å²) in [7, 11) is 0. The lowest BCUT2D eigenvalue weighted by atomic mass is 10.0. The number of rotatable bonds is 28. The van der Waals surface area contributed by atoms with Crippen molar-refractivity contribution in [2.45, 2.75) is 127 Å². The van der Waals surface area contributed by atoms with Gasteiger partial charge in [-0.15, -0.1) is 0 Å². The molecule has 0 saturated carbocycles. The van der Waals surface area contributed by atoms with E-state index < -0.39 is 133 Å². The molecule has 1 saturated heterocycles. The minimum Gasteiger partial charge on any atom is -0.480 e. The Morgan fingerprint density at radius 2 is 1.34 bits per heavy atom. The molecule has 0 aromatic carbocycles. The van der Waals surface area contributed by atoms with Crippen LogP contribution in [0.3, 0.4) is 0 Å². The first kappa shape index (κ1) is 55.8. The number of guanidine groups is 1. The van der Waals surface area contributed by atoms with Gasteiger partial charge < -0.3 is 85.5 Å². The van der Waals surface area contributed by atoms with Gasteiger partial charge in [0, 0.05) is 19.5 Å². The van der Waals surface area contributed by atoms with E-state index in [9.17, 15) is 63.3 Å². The molecule has 362 valence electrons. The number of nitrogens with zero attached hydrogens (tertiary/aromatic N) is 2. The molecular formula is C37H65N13O14. The van der Waals surface area contributed by atoms with Gasteiger partial charge in [0.1, 0.15) is 42.3 Å². The summed E-state index contributed by atoms with van der Waals surface area (Å²) in [4.78, 5) is 132. The number of hydrogen-bond acceptors (Lipinski definition) is 15. The standard InChI is InChI=1S/C37H65N13O14/c1-17(2)13-22(32(59)48-24(16-52)36(63)64)45-27(55)14-43-30(57)23(15-51)47-33(60)25-8-6-12-50(25)35(62)18(3)44-34(61)28(19(4)53)49-31(58)21(9-10-26(39)54)46-29(56)20(38)7-5-11-42-37(40)41/h17-25,28,51-53H,5-16,38H2,1-4H3,(H2,39,54)(H,43,57)(H,44,61)(H,45,55)(H,46,56)(H,47,60)(H,48,59)(H,49,58)(H,63,64)(H4,40,41,42)/t18-,19+,20-,21-,22-,23-,24-,25-,28-/m0/s1. The van der Waals surface area contributed by atoms with Crippen molar-refractivity contribution < 1.29 is 68.4 Å². The van der Waals surface area contributed by atoms with Crippen LogP contribution in [0.15, 0.2) is 4.99 Å². The third-order valence-electron chi connectivity index (χ3n) is 9.64. The number of nitrogens with one attached hydrogen (secondary N) is 7. The van der Waals surface area contributed by atoms with Gasteiger partial charge in [0.05, 0.1) is 31.9 Å². The Morgan fingerprint density at radius 1 is 0.734 bits per heavy atom. The number of aliphatic hydroxyl groups excluding tert-OH is 3. The Balaban J connectivity index is 2.95. The molecule has 0 unspecified atom stereocenters. The van der Waals surface area contributed by atoms with E-state index in [1.165, 1.54) is 13.8 Å². The van der Waals surface area contributed by atoms with Crippen LogP contribution in [-0.2, 0) is 47.9 Å². The van der Waals surface area contributed by atoms with E-state index in [0.717, 1.165) is 4.90 Å². The first-order valence-corrected chi connectivity index (χ1v) is 20.5. The van der Waals surface area contributed by atoms with Crippen molar-refractivity contribution in [3.05, 3.63) is 0 Å². The summed E-state index contributed by atoms with van der Waals surface area (Å²) in [6.07, 6.45) is -1.27. The molecule has 0 aliphatic carbocycles. The number of likely N-dealkylation sites (tertiary alicyclic amines) is 1. The molecule has 1 aliphatic heterocycles. The van der Waals surface area contributed by atoms with Crippen molar-refractivity contribution in [1.29, 1.82) is 0 Å². The van der Waals surface area contributed by atoms with E-state index in [0.29, 0.717) is 12.8 Å². The maximum absolute atomic E-state index is 13.6. The first-order valence-electron chi connectivity index (χ1n) is 20.5. The zero-order valence-electron chi connectivity index (χ0n) is 36.3. The molecule has 0 aromatic heterocycles. The highest BCUT2D eigenvalue weighted by Gasteiger charge is 2.39. The quantitative estimate of drug-likeness (QED) is 0.0197. The molecule has 0 bridgehead atoms. The van der Waals surface area contributed by atoms with Crippen LogP contribution in [0.2, 0.25) is 0 Å². The van der Waals surface area contributed by atoms with Crippen molar-refractivity contribution in [3.8, 4) is 0 Å². The number of carboxylic acid groups (broad SMARTS) is 1. The number of hydrogen-bond donors (Lipinski definition) is 15. The third kappa shape index (κ3) is 19.5. The number of aliphatic imine (C=N–C) groups is 1. The molecule has 9 atom stereocenters. The number of primary amides is 1. The fourth-order valence-electron chi connectivity index (χ4n) is 6.22. The van der Waals surface area contributed by atoms with E-state index in [1.54, 1.807) is 13.8 Å². The van der Waals surface area contributed by atoms with Crippen molar-refractivity contribution in [2.75, 3.05) is 32.8 Å². The number of carboxylic acids is 1. The number of nitrogens with two attached hydrogens (primary N) is 4. The molecule has 27 nitrogen and oxygen atoms in total. The van der Waals surface area contributed by atoms with E-state index in [1.807, 2.05) is 0 Å². The highest BCUT2D eigenvalue weighted by Crippen LogP contribution is 2.19. The normalized spacial score (nSPS) is 17.1. The second kappa shape index (κ2) is 27.8. The fourth-order valence-corrected chi connectivity index (χ4v) is 6.22. The molecule has 27 heteroatoms. The van der Waals surface area contributed by atoms with Gasteiger partial charge in [-0.1, -0.05) is 13.8 Å². The van der Waals surface area contributed by atoms with Gasteiger partial charge in [-0.2, -0.15) is 0 Å². The van der Waals surface area contributed by atoms with Gasteiger partial charge in [-0.3, -0.25) is 48.1 Å². The number of carbonyl (C=O) groups is 10. The van der Waals surface area contributed by atoms with Gasteiger partial charge in [-0.25, -0.2) is 4.79 Å². The SMILES string of the molecule is CC(C)C[C@H](NC(=O)CNC(=O)[C@H](CO)NC(=O)[C@@H]1CCCN1C(=O)[C@H](C)NC(=O)[C@@H](NC(=O)[C@H](CCC(N)=O)NC(=O)[C@@H](N)CCCN=C(N)N)[C@@H](C)O)C(=O)N[C@@H](CO)C(=O)O. The van der Waals surface area contributed by atoms with Gasteiger partial charge >= 0.3 is 5.97 Å². The second-order valence-electron chi connectivity index (χ2n) is 15.6. The molecule has 1 heterocycles. The van der Waals surface area contributed by atoms with Crippen molar-refractivity contribution in [1.82, 2.24) is 42.1 Å². The molecule has 64 heavy (non-hydrogen) atoms.